The maximum Gasteiger partial charge on any atom is 0.274 e. The average molecular weight is 530 g/mol. The highest BCUT2D eigenvalue weighted by Crippen LogP contribution is 2.34. The van der Waals surface area contributed by atoms with E-state index in [0.717, 1.165) is 12.5 Å². The Labute approximate surface area is 220 Å². The van der Waals surface area contributed by atoms with E-state index in [1.165, 1.54) is 6.07 Å². The third kappa shape index (κ3) is 5.75. The van der Waals surface area contributed by atoms with E-state index in [0.29, 0.717) is 67.8 Å². The van der Waals surface area contributed by atoms with Gasteiger partial charge in [-0.3, -0.25) is 0 Å². The van der Waals surface area contributed by atoms with Gasteiger partial charge in [0.05, 0.1) is 17.8 Å². The van der Waals surface area contributed by atoms with Crippen molar-refractivity contribution in [2.24, 2.45) is 0 Å². The summed E-state index contributed by atoms with van der Waals surface area (Å²) in [6.45, 7) is 8.45. The number of aromatic nitrogens is 4. The molecule has 11 heteroatoms. The van der Waals surface area contributed by atoms with E-state index >= 15 is 0 Å². The molecule has 0 radical (unpaired) electrons. The van der Waals surface area contributed by atoms with Gasteiger partial charge in [-0.05, 0) is 38.1 Å². The van der Waals surface area contributed by atoms with Crippen molar-refractivity contribution in [1.29, 1.82) is 0 Å². The van der Waals surface area contributed by atoms with Crippen molar-refractivity contribution in [3.63, 3.8) is 0 Å². The lowest BCUT2D eigenvalue weighted by Gasteiger charge is -2.38. The Hall–Kier alpha value is -3.11. The first-order valence-electron chi connectivity index (χ1n) is 12.4. The molecule has 2 aliphatic rings. The van der Waals surface area contributed by atoms with Crippen LogP contribution >= 0.6 is 11.6 Å². The summed E-state index contributed by atoms with van der Waals surface area (Å²) in [6, 6.07) is 10.4. The third-order valence-corrected chi connectivity index (χ3v) is 6.75. The highest BCUT2D eigenvalue weighted by atomic mass is 35.5. The van der Waals surface area contributed by atoms with Gasteiger partial charge in [-0.2, -0.15) is 15.0 Å². The second kappa shape index (κ2) is 10.3. The highest BCUT2D eigenvalue weighted by molar-refractivity contribution is 6.30. The zero-order chi connectivity index (χ0) is 26.2. The standard InChI is InChI=1S/C26H30ClF2N7O/c1-17-15-36(16-18(2)37-17)25-32-22(19-6-4-7-20(27)14-19)31-24(33-25)35-12-10-34(11-13-35)23-21(26(3,28)29)8-5-9-30-23/h4-9,14,17-18H,10-13,15-16H2,1-3H3. The molecular formula is C26H30ClF2N7O. The number of anilines is 3. The lowest BCUT2D eigenvalue weighted by atomic mass is 10.1. The number of alkyl halides is 2. The Balaban J connectivity index is 1.43. The van der Waals surface area contributed by atoms with Crippen LogP contribution in [-0.2, 0) is 10.7 Å². The SMILES string of the molecule is CC1CN(c2nc(-c3cccc(Cl)c3)nc(N3CCN(c4ncccc4C(C)(F)F)CC3)n2)CC(C)O1. The molecule has 2 aromatic heterocycles. The Bertz CT molecular complexity index is 1240. The molecule has 37 heavy (non-hydrogen) atoms. The van der Waals surface area contributed by atoms with Gasteiger partial charge in [0.1, 0.15) is 5.82 Å². The third-order valence-electron chi connectivity index (χ3n) is 6.52. The fourth-order valence-corrected chi connectivity index (χ4v) is 5.03. The molecule has 5 rings (SSSR count). The number of pyridine rings is 1. The van der Waals surface area contributed by atoms with Crippen LogP contribution in [0.15, 0.2) is 42.6 Å². The predicted molar refractivity (Wildman–Crippen MR) is 141 cm³/mol. The van der Waals surface area contributed by atoms with Crippen LogP contribution in [0.2, 0.25) is 5.02 Å². The summed E-state index contributed by atoms with van der Waals surface area (Å²) >= 11 is 6.26. The van der Waals surface area contributed by atoms with Crippen LogP contribution in [0.5, 0.6) is 0 Å². The summed E-state index contributed by atoms with van der Waals surface area (Å²) < 4.78 is 34.3. The molecular weight excluding hydrogens is 500 g/mol. The molecule has 4 heterocycles. The van der Waals surface area contributed by atoms with Gasteiger partial charge in [-0.15, -0.1) is 0 Å². The summed E-state index contributed by atoms with van der Waals surface area (Å²) in [7, 11) is 0. The van der Waals surface area contributed by atoms with E-state index in [-0.39, 0.29) is 17.8 Å². The lowest BCUT2D eigenvalue weighted by molar-refractivity contribution is -0.00573. The van der Waals surface area contributed by atoms with E-state index in [1.54, 1.807) is 12.3 Å². The predicted octanol–water partition coefficient (Wildman–Crippen LogP) is 4.64. The molecule has 0 bridgehead atoms. The fourth-order valence-electron chi connectivity index (χ4n) is 4.84. The van der Waals surface area contributed by atoms with Crippen LogP contribution in [0, 0.1) is 0 Å². The van der Waals surface area contributed by atoms with E-state index in [9.17, 15) is 8.78 Å². The second-order valence-corrected chi connectivity index (χ2v) is 10.1. The Morgan fingerprint density at radius 1 is 0.892 bits per heavy atom. The Morgan fingerprint density at radius 2 is 1.54 bits per heavy atom. The van der Waals surface area contributed by atoms with Crippen molar-refractivity contribution in [2.75, 3.05) is 54.0 Å². The molecule has 1 aromatic carbocycles. The number of piperazine rings is 1. The first-order chi connectivity index (χ1) is 17.7. The van der Waals surface area contributed by atoms with Crippen molar-refractivity contribution < 1.29 is 13.5 Å². The number of halogens is 3. The minimum atomic E-state index is -2.97. The van der Waals surface area contributed by atoms with Crippen molar-refractivity contribution >= 4 is 29.3 Å². The molecule has 8 nitrogen and oxygen atoms in total. The zero-order valence-electron chi connectivity index (χ0n) is 21.1. The lowest BCUT2D eigenvalue weighted by Crippen LogP contribution is -2.48. The molecule has 2 atom stereocenters. The summed E-state index contributed by atoms with van der Waals surface area (Å²) in [5.41, 5.74) is 0.735. The highest BCUT2D eigenvalue weighted by Gasteiger charge is 2.32. The Morgan fingerprint density at radius 3 is 2.19 bits per heavy atom. The molecule has 0 amide bonds. The van der Waals surface area contributed by atoms with Gasteiger partial charge in [-0.25, -0.2) is 13.8 Å². The number of nitrogens with zero attached hydrogens (tertiary/aromatic N) is 7. The van der Waals surface area contributed by atoms with Crippen molar-refractivity contribution in [3.05, 3.63) is 53.2 Å². The molecule has 0 aliphatic carbocycles. The minimum Gasteiger partial charge on any atom is -0.372 e. The van der Waals surface area contributed by atoms with Crippen LogP contribution in [0.25, 0.3) is 11.4 Å². The fraction of sp³-hybridized carbons (Fsp3) is 0.462. The van der Waals surface area contributed by atoms with Gasteiger partial charge >= 0.3 is 0 Å². The van der Waals surface area contributed by atoms with Crippen molar-refractivity contribution in [1.82, 2.24) is 19.9 Å². The molecule has 2 fully saturated rings. The number of ether oxygens (including phenoxy) is 1. The van der Waals surface area contributed by atoms with Gasteiger partial charge < -0.3 is 19.4 Å². The van der Waals surface area contributed by atoms with E-state index < -0.39 is 5.92 Å². The van der Waals surface area contributed by atoms with Gasteiger partial charge in [0.2, 0.25) is 11.9 Å². The maximum absolute atomic E-state index is 14.2. The quantitative estimate of drug-likeness (QED) is 0.473. The number of hydrogen-bond donors (Lipinski definition) is 0. The van der Waals surface area contributed by atoms with Crippen LogP contribution in [-0.4, -0.2) is 71.4 Å². The van der Waals surface area contributed by atoms with Crippen LogP contribution in [0.3, 0.4) is 0 Å². The summed E-state index contributed by atoms with van der Waals surface area (Å²) in [5, 5.41) is 0.599. The number of morpholine rings is 1. The van der Waals surface area contributed by atoms with Crippen LogP contribution < -0.4 is 14.7 Å². The second-order valence-electron chi connectivity index (χ2n) is 9.67. The molecule has 2 aliphatic heterocycles. The molecule has 0 N–H and O–H groups in total. The summed E-state index contributed by atoms with van der Waals surface area (Å²) in [5.74, 6) is -0.978. The normalized spacial score (nSPS) is 20.9. The van der Waals surface area contributed by atoms with Gasteiger partial charge in [0, 0.05) is 63.0 Å². The molecule has 0 spiro atoms. The first kappa shape index (κ1) is 25.5. The topological polar surface area (TPSA) is 70.5 Å². The van der Waals surface area contributed by atoms with E-state index in [2.05, 4.69) is 14.8 Å². The molecule has 196 valence electrons. The summed E-state index contributed by atoms with van der Waals surface area (Å²) in [4.78, 5) is 24.8. The zero-order valence-corrected chi connectivity index (χ0v) is 21.9. The van der Waals surface area contributed by atoms with E-state index in [4.69, 9.17) is 31.3 Å². The number of rotatable bonds is 5. The smallest absolute Gasteiger partial charge is 0.274 e. The van der Waals surface area contributed by atoms with Crippen molar-refractivity contribution in [3.8, 4) is 11.4 Å². The molecule has 2 saturated heterocycles. The number of benzene rings is 1. The van der Waals surface area contributed by atoms with Crippen LogP contribution in [0.4, 0.5) is 26.5 Å². The minimum absolute atomic E-state index is 0.0476. The summed E-state index contributed by atoms with van der Waals surface area (Å²) in [6.07, 6.45) is 1.65. The largest absolute Gasteiger partial charge is 0.372 e. The van der Waals surface area contributed by atoms with Crippen LogP contribution in [0.1, 0.15) is 26.3 Å². The van der Waals surface area contributed by atoms with Gasteiger partial charge in [0.15, 0.2) is 5.82 Å². The first-order valence-corrected chi connectivity index (χ1v) is 12.8. The van der Waals surface area contributed by atoms with Crippen molar-refractivity contribution in [2.45, 2.75) is 38.9 Å². The maximum atomic E-state index is 14.2. The van der Waals surface area contributed by atoms with Gasteiger partial charge in [0.25, 0.3) is 5.92 Å². The Kier molecular flexibility index (Phi) is 7.13. The monoisotopic (exact) mass is 529 g/mol. The molecule has 2 unspecified atom stereocenters. The van der Waals surface area contributed by atoms with Gasteiger partial charge in [-0.1, -0.05) is 23.7 Å². The number of hydrogen-bond acceptors (Lipinski definition) is 8. The molecule has 0 saturated carbocycles. The molecule has 3 aromatic rings. The van der Waals surface area contributed by atoms with E-state index in [1.807, 2.05) is 43.0 Å². The average Bonchev–Trinajstić information content (AvgIpc) is 2.87.